The lowest BCUT2D eigenvalue weighted by molar-refractivity contribution is -0.157. The first-order chi connectivity index (χ1) is 15.2. The second-order valence-electron chi connectivity index (χ2n) is 7.57. The second kappa shape index (κ2) is 8.79. The van der Waals surface area contributed by atoms with E-state index in [1.54, 1.807) is 0 Å². The molecule has 9 nitrogen and oxygen atoms in total. The maximum absolute atomic E-state index is 12.9. The van der Waals surface area contributed by atoms with Crippen molar-refractivity contribution in [2.75, 3.05) is 39.4 Å². The highest BCUT2D eigenvalue weighted by Crippen LogP contribution is 2.32. The van der Waals surface area contributed by atoms with Gasteiger partial charge in [0.05, 0.1) is 24.0 Å². The minimum Gasteiger partial charge on any atom is -0.417 e. The summed E-state index contributed by atoms with van der Waals surface area (Å²) in [5, 5.41) is 6.55. The first-order valence-corrected chi connectivity index (χ1v) is 11.5. The Bertz CT molecular complexity index is 1070. The Morgan fingerprint density at radius 3 is 2.38 bits per heavy atom. The Balaban J connectivity index is 1.45. The van der Waals surface area contributed by atoms with E-state index in [1.807, 2.05) is 0 Å². The lowest BCUT2D eigenvalue weighted by Crippen LogP contribution is -2.40. The van der Waals surface area contributed by atoms with Gasteiger partial charge in [-0.25, -0.2) is 8.42 Å². The molecule has 2 aromatic rings. The van der Waals surface area contributed by atoms with Crippen LogP contribution in [0.1, 0.15) is 40.9 Å². The highest BCUT2D eigenvalue weighted by atomic mass is 32.2. The largest absolute Gasteiger partial charge is 0.470 e. The molecule has 0 spiro atoms. The zero-order valence-corrected chi connectivity index (χ0v) is 17.7. The lowest BCUT2D eigenvalue weighted by atomic mass is 9.97. The molecule has 2 saturated heterocycles. The highest BCUT2D eigenvalue weighted by molar-refractivity contribution is 7.89. The van der Waals surface area contributed by atoms with E-state index in [0.717, 1.165) is 0 Å². The van der Waals surface area contributed by atoms with Crippen molar-refractivity contribution in [3.8, 4) is 0 Å². The summed E-state index contributed by atoms with van der Waals surface area (Å²) in [5.74, 6) is -2.41. The molecule has 2 fully saturated rings. The number of halogens is 3. The van der Waals surface area contributed by atoms with Gasteiger partial charge >= 0.3 is 12.1 Å². The van der Waals surface area contributed by atoms with E-state index in [4.69, 9.17) is 9.15 Å². The number of ether oxygens (including phenoxy) is 1. The third-order valence-electron chi connectivity index (χ3n) is 5.45. The third-order valence-corrected chi connectivity index (χ3v) is 7.36. The van der Waals surface area contributed by atoms with Crippen molar-refractivity contribution in [3.63, 3.8) is 0 Å². The van der Waals surface area contributed by atoms with Gasteiger partial charge < -0.3 is 14.1 Å². The maximum atomic E-state index is 12.9. The normalized spacial score (nSPS) is 21.0. The number of rotatable bonds is 4. The molecule has 0 N–H and O–H groups in total. The Morgan fingerprint density at radius 1 is 1.06 bits per heavy atom. The number of aromatic nitrogens is 2. The van der Waals surface area contributed by atoms with Crippen molar-refractivity contribution in [1.29, 1.82) is 0 Å². The monoisotopic (exact) mass is 474 g/mol. The number of nitrogens with zero attached hydrogens (tertiary/aromatic N) is 4. The number of sulfonamides is 1. The van der Waals surface area contributed by atoms with Crippen LogP contribution < -0.4 is 0 Å². The molecule has 1 aromatic heterocycles. The van der Waals surface area contributed by atoms with E-state index in [0.29, 0.717) is 32.6 Å². The van der Waals surface area contributed by atoms with Crippen LogP contribution in [-0.2, 0) is 20.9 Å². The van der Waals surface area contributed by atoms with Crippen molar-refractivity contribution in [3.05, 3.63) is 41.6 Å². The fourth-order valence-corrected chi connectivity index (χ4v) is 5.17. The van der Waals surface area contributed by atoms with E-state index in [-0.39, 0.29) is 41.9 Å². The van der Waals surface area contributed by atoms with Crippen molar-refractivity contribution in [2.45, 2.75) is 29.8 Å². The van der Waals surface area contributed by atoms with Crippen LogP contribution in [-0.4, -0.2) is 73.1 Å². The highest BCUT2D eigenvalue weighted by Gasteiger charge is 2.39. The van der Waals surface area contributed by atoms with E-state index in [1.165, 1.54) is 33.5 Å². The zero-order chi connectivity index (χ0) is 22.9. The topological polar surface area (TPSA) is 106 Å². The number of amides is 1. The molecule has 13 heteroatoms. The molecule has 1 atom stereocenters. The molecule has 0 saturated carbocycles. The van der Waals surface area contributed by atoms with Crippen LogP contribution in [0.25, 0.3) is 0 Å². The molecule has 4 rings (SSSR count). The number of carbonyl (C=O) groups is 1. The summed E-state index contributed by atoms with van der Waals surface area (Å²) in [6.45, 7) is 1.75. The summed E-state index contributed by atoms with van der Waals surface area (Å²) >= 11 is 0. The quantitative estimate of drug-likeness (QED) is 0.668. The number of hydrogen-bond donors (Lipinski definition) is 0. The Kier molecular flexibility index (Phi) is 6.23. The van der Waals surface area contributed by atoms with Crippen LogP contribution in [0.3, 0.4) is 0 Å². The van der Waals surface area contributed by atoms with Crippen LogP contribution >= 0.6 is 0 Å². The van der Waals surface area contributed by atoms with Crippen molar-refractivity contribution >= 4 is 15.9 Å². The molecule has 174 valence electrons. The van der Waals surface area contributed by atoms with Gasteiger partial charge in [0.15, 0.2) is 0 Å². The fraction of sp³-hybridized carbons (Fsp3) is 0.526. The smallest absolute Gasteiger partial charge is 0.417 e. The van der Waals surface area contributed by atoms with Crippen LogP contribution in [0, 0.1) is 0 Å². The predicted molar refractivity (Wildman–Crippen MR) is 103 cm³/mol. The molecule has 32 heavy (non-hydrogen) atoms. The van der Waals surface area contributed by atoms with Gasteiger partial charge in [-0.1, -0.05) is 0 Å². The molecule has 1 unspecified atom stereocenters. The molecule has 2 aliphatic heterocycles. The number of benzene rings is 1. The van der Waals surface area contributed by atoms with Crippen LogP contribution in [0.4, 0.5) is 13.2 Å². The van der Waals surface area contributed by atoms with E-state index >= 15 is 0 Å². The summed E-state index contributed by atoms with van der Waals surface area (Å²) in [7, 11) is -3.68. The predicted octanol–water partition coefficient (Wildman–Crippen LogP) is 2.13. The van der Waals surface area contributed by atoms with Crippen molar-refractivity contribution in [1.82, 2.24) is 19.4 Å². The van der Waals surface area contributed by atoms with Crippen LogP contribution in [0.15, 0.2) is 33.6 Å². The number of hydrogen-bond acceptors (Lipinski definition) is 7. The fourth-order valence-electron chi connectivity index (χ4n) is 3.77. The number of alkyl halides is 3. The van der Waals surface area contributed by atoms with Crippen molar-refractivity contribution in [2.24, 2.45) is 0 Å². The lowest BCUT2D eigenvalue weighted by Gasteiger charge is -2.31. The molecule has 3 heterocycles. The summed E-state index contributed by atoms with van der Waals surface area (Å²) in [6, 6.07) is 5.64. The third kappa shape index (κ3) is 4.64. The first kappa shape index (κ1) is 22.7. The zero-order valence-electron chi connectivity index (χ0n) is 16.9. The number of likely N-dealkylation sites (tertiary alicyclic amines) is 1. The van der Waals surface area contributed by atoms with E-state index in [2.05, 4.69) is 10.2 Å². The summed E-state index contributed by atoms with van der Waals surface area (Å²) < 4.78 is 74.9. The Morgan fingerprint density at radius 2 is 1.75 bits per heavy atom. The Labute approximate surface area is 182 Å². The second-order valence-corrected chi connectivity index (χ2v) is 9.51. The SMILES string of the molecule is O=C(c1ccc(S(=O)(=O)N2CCOCC2)cc1)N1CCCC(c2nnc(C(F)(F)F)o2)C1. The van der Waals surface area contributed by atoms with Gasteiger partial charge in [0.1, 0.15) is 0 Å². The molecule has 2 aliphatic rings. The molecule has 1 aromatic carbocycles. The van der Waals surface area contributed by atoms with Crippen LogP contribution in [0.5, 0.6) is 0 Å². The molecule has 0 bridgehead atoms. The number of carbonyl (C=O) groups excluding carboxylic acids is 1. The van der Waals surface area contributed by atoms with E-state index in [9.17, 15) is 26.4 Å². The standard InChI is InChI=1S/C19H21F3N4O5S/c20-19(21,22)18-24-23-16(31-18)14-2-1-7-25(12-14)17(27)13-3-5-15(6-4-13)32(28,29)26-8-10-30-11-9-26/h3-6,14H,1-2,7-12H2. The molecular formula is C19H21F3N4O5S. The summed E-state index contributed by atoms with van der Waals surface area (Å²) in [6.07, 6.45) is -3.65. The average Bonchev–Trinajstić information content (AvgIpc) is 3.31. The van der Waals surface area contributed by atoms with Gasteiger partial charge in [0.25, 0.3) is 5.91 Å². The van der Waals surface area contributed by atoms with Gasteiger partial charge in [0.2, 0.25) is 15.9 Å². The van der Waals surface area contributed by atoms with Gasteiger partial charge in [-0.05, 0) is 37.1 Å². The number of morpholine rings is 1. The molecule has 0 radical (unpaired) electrons. The minimum atomic E-state index is -4.72. The van der Waals surface area contributed by atoms with Gasteiger partial charge in [-0.15, -0.1) is 10.2 Å². The summed E-state index contributed by atoms with van der Waals surface area (Å²) in [4.78, 5) is 14.5. The first-order valence-electron chi connectivity index (χ1n) is 10.0. The van der Waals surface area contributed by atoms with Crippen LogP contribution in [0.2, 0.25) is 0 Å². The van der Waals surface area contributed by atoms with Gasteiger partial charge in [-0.3, -0.25) is 4.79 Å². The molecule has 0 aliphatic carbocycles. The maximum Gasteiger partial charge on any atom is 0.470 e. The molecule has 1 amide bonds. The Hall–Kier alpha value is -2.51. The van der Waals surface area contributed by atoms with Gasteiger partial charge in [0, 0.05) is 31.7 Å². The summed E-state index contributed by atoms with van der Waals surface area (Å²) in [5.41, 5.74) is 0.285. The van der Waals surface area contributed by atoms with Gasteiger partial charge in [-0.2, -0.15) is 17.5 Å². The minimum absolute atomic E-state index is 0.0815. The molecular weight excluding hydrogens is 453 g/mol. The average molecular weight is 474 g/mol. The van der Waals surface area contributed by atoms with Crippen molar-refractivity contribution < 1.29 is 35.5 Å². The van der Waals surface area contributed by atoms with E-state index < -0.39 is 28.0 Å². The number of piperidine rings is 1.